The molecule has 0 atom stereocenters. The van der Waals surface area contributed by atoms with Crippen LogP contribution in [0.25, 0.3) is 5.65 Å². The zero-order valence-electron chi connectivity index (χ0n) is 17.4. The Balaban J connectivity index is 1.86. The van der Waals surface area contributed by atoms with Crippen molar-refractivity contribution < 1.29 is 13.2 Å². The molecule has 0 aliphatic rings. The van der Waals surface area contributed by atoms with Crippen molar-refractivity contribution in [3.05, 3.63) is 54.5 Å². The number of sulfonamides is 1. The third-order valence-electron chi connectivity index (χ3n) is 4.73. The molecule has 30 heavy (non-hydrogen) atoms. The van der Waals surface area contributed by atoms with E-state index in [1.54, 1.807) is 32.2 Å². The molecule has 1 aromatic carbocycles. The lowest BCUT2D eigenvalue weighted by molar-refractivity contribution is -0.115. The van der Waals surface area contributed by atoms with Crippen molar-refractivity contribution in [3.8, 4) is 0 Å². The molecule has 3 rings (SSSR count). The maximum absolute atomic E-state index is 12.9. The molecule has 0 spiro atoms. The van der Waals surface area contributed by atoms with Crippen LogP contribution in [-0.4, -0.2) is 47.6 Å². The second kappa shape index (κ2) is 9.27. The number of rotatable bonds is 9. The smallest absolute Gasteiger partial charge is 0.243 e. The van der Waals surface area contributed by atoms with Gasteiger partial charge in [-0.15, -0.1) is 0 Å². The summed E-state index contributed by atoms with van der Waals surface area (Å²) in [6, 6.07) is 10.4. The number of hydrogen-bond acceptors (Lipinski definition) is 5. The largest absolute Gasteiger partial charge is 0.384 e. The van der Waals surface area contributed by atoms with Gasteiger partial charge in [0, 0.05) is 32.0 Å². The number of benzene rings is 1. The molecular weight excluding hydrogens is 402 g/mol. The summed E-state index contributed by atoms with van der Waals surface area (Å²) < 4.78 is 29.0. The van der Waals surface area contributed by atoms with Gasteiger partial charge in [0.1, 0.15) is 5.65 Å². The Bertz CT molecular complexity index is 1100. The molecule has 160 valence electrons. The summed E-state index contributed by atoms with van der Waals surface area (Å²) in [5.41, 5.74) is 2.50. The first-order valence-electron chi connectivity index (χ1n) is 9.99. The van der Waals surface area contributed by atoms with Gasteiger partial charge >= 0.3 is 0 Å². The zero-order chi connectivity index (χ0) is 21.7. The van der Waals surface area contributed by atoms with Crippen molar-refractivity contribution in [2.24, 2.45) is 0 Å². The summed E-state index contributed by atoms with van der Waals surface area (Å²) in [5, 5.41) is 6.00. The van der Waals surface area contributed by atoms with E-state index < -0.39 is 10.0 Å². The Kier molecular flexibility index (Phi) is 6.73. The van der Waals surface area contributed by atoms with Gasteiger partial charge in [-0.05, 0) is 37.3 Å². The molecule has 0 saturated heterocycles. The molecule has 8 nitrogen and oxygen atoms in total. The number of anilines is 2. The van der Waals surface area contributed by atoms with Gasteiger partial charge in [-0.1, -0.05) is 19.9 Å². The van der Waals surface area contributed by atoms with E-state index in [-0.39, 0.29) is 17.2 Å². The van der Waals surface area contributed by atoms with Crippen molar-refractivity contribution in [3.63, 3.8) is 0 Å². The normalized spacial score (nSPS) is 11.7. The average Bonchev–Trinajstić information content (AvgIpc) is 3.12. The molecule has 9 heteroatoms. The molecular formula is C21H27N5O3S. The number of nitrogens with one attached hydrogen (secondary N) is 2. The molecule has 2 aromatic heterocycles. The minimum atomic E-state index is -3.63. The van der Waals surface area contributed by atoms with Gasteiger partial charge < -0.3 is 15.0 Å². The number of aromatic nitrogens is 2. The zero-order valence-corrected chi connectivity index (χ0v) is 18.2. The number of nitrogens with zero attached hydrogens (tertiary/aromatic N) is 3. The van der Waals surface area contributed by atoms with Crippen LogP contribution in [0.5, 0.6) is 0 Å². The Labute approximate surface area is 177 Å². The first kappa shape index (κ1) is 21.8. The van der Waals surface area contributed by atoms with Gasteiger partial charge in [0.2, 0.25) is 15.9 Å². The minimum absolute atomic E-state index is 0.0836. The number of fused-ring (bicyclic) bond motifs is 1. The summed E-state index contributed by atoms with van der Waals surface area (Å²) in [5.74, 6) is -0.269. The number of amides is 1. The number of carbonyl (C=O) groups excluding carboxylic acids is 1. The van der Waals surface area contributed by atoms with Crippen LogP contribution in [-0.2, 0) is 21.2 Å². The lowest BCUT2D eigenvalue weighted by Crippen LogP contribution is -2.30. The van der Waals surface area contributed by atoms with E-state index in [4.69, 9.17) is 0 Å². The molecule has 1 amide bonds. The van der Waals surface area contributed by atoms with Crippen LogP contribution in [0.2, 0.25) is 0 Å². The highest BCUT2D eigenvalue weighted by Crippen LogP contribution is 2.27. The highest BCUT2D eigenvalue weighted by Gasteiger charge is 2.23. The van der Waals surface area contributed by atoms with Gasteiger partial charge in [0.25, 0.3) is 0 Å². The van der Waals surface area contributed by atoms with Gasteiger partial charge in [-0.2, -0.15) is 4.31 Å². The van der Waals surface area contributed by atoms with Crippen molar-refractivity contribution >= 4 is 33.0 Å². The molecule has 0 unspecified atom stereocenters. The standard InChI is InChI=1S/C21H27N5O3S/c1-4-22-18-11-10-17(30(28,29)26(5-2)6-3)14-19(18)24-21(27)13-16-15-25-12-8-7-9-20(25)23-16/h7-12,14-15,22H,4-6,13H2,1-3H3,(H,24,27). The summed E-state index contributed by atoms with van der Waals surface area (Å²) in [7, 11) is -3.63. The molecule has 2 N–H and O–H groups in total. The van der Waals surface area contributed by atoms with Crippen LogP contribution in [0.1, 0.15) is 26.5 Å². The summed E-state index contributed by atoms with van der Waals surface area (Å²) >= 11 is 0. The Morgan fingerprint density at radius 3 is 2.53 bits per heavy atom. The maximum Gasteiger partial charge on any atom is 0.243 e. The molecule has 0 aliphatic heterocycles. The average molecular weight is 430 g/mol. The second-order valence-corrected chi connectivity index (χ2v) is 8.69. The van der Waals surface area contributed by atoms with Gasteiger partial charge in [0.05, 0.1) is 28.4 Å². The number of carbonyl (C=O) groups is 1. The number of imidazole rings is 1. The molecule has 0 bridgehead atoms. The number of hydrogen-bond donors (Lipinski definition) is 2. The van der Waals surface area contributed by atoms with Crippen LogP contribution in [0.15, 0.2) is 53.7 Å². The van der Waals surface area contributed by atoms with Crippen LogP contribution < -0.4 is 10.6 Å². The predicted octanol–water partition coefficient (Wildman–Crippen LogP) is 2.98. The summed E-state index contributed by atoms with van der Waals surface area (Å²) in [6.45, 7) is 6.92. The number of pyridine rings is 1. The lowest BCUT2D eigenvalue weighted by Gasteiger charge is -2.20. The quantitative estimate of drug-likeness (QED) is 0.545. The SMILES string of the molecule is CCNc1ccc(S(=O)(=O)N(CC)CC)cc1NC(=O)Cc1cn2ccccc2n1. The van der Waals surface area contributed by atoms with E-state index in [9.17, 15) is 13.2 Å². The lowest BCUT2D eigenvalue weighted by atomic mass is 10.2. The maximum atomic E-state index is 12.9. The van der Waals surface area contributed by atoms with E-state index in [0.29, 0.717) is 36.7 Å². The Morgan fingerprint density at radius 2 is 1.87 bits per heavy atom. The van der Waals surface area contributed by atoms with E-state index in [1.807, 2.05) is 35.7 Å². The molecule has 3 aromatic rings. The van der Waals surface area contributed by atoms with Crippen molar-refractivity contribution in [2.75, 3.05) is 30.3 Å². The fourth-order valence-electron chi connectivity index (χ4n) is 3.28. The van der Waals surface area contributed by atoms with E-state index in [1.165, 1.54) is 10.4 Å². The second-order valence-electron chi connectivity index (χ2n) is 6.75. The first-order chi connectivity index (χ1) is 14.4. The van der Waals surface area contributed by atoms with Gasteiger partial charge in [0.15, 0.2) is 0 Å². The van der Waals surface area contributed by atoms with Gasteiger partial charge in [-0.25, -0.2) is 13.4 Å². The predicted molar refractivity (Wildman–Crippen MR) is 118 cm³/mol. The minimum Gasteiger partial charge on any atom is -0.384 e. The van der Waals surface area contributed by atoms with Crippen LogP contribution in [0.3, 0.4) is 0 Å². The summed E-state index contributed by atoms with van der Waals surface area (Å²) in [6.07, 6.45) is 3.76. The van der Waals surface area contributed by atoms with Crippen LogP contribution in [0.4, 0.5) is 11.4 Å². The monoisotopic (exact) mass is 429 g/mol. The fraction of sp³-hybridized carbons (Fsp3) is 0.333. The van der Waals surface area contributed by atoms with Crippen LogP contribution in [0, 0.1) is 0 Å². The van der Waals surface area contributed by atoms with Crippen molar-refractivity contribution in [1.82, 2.24) is 13.7 Å². The highest BCUT2D eigenvalue weighted by atomic mass is 32.2. The molecule has 0 fully saturated rings. The Hall–Kier alpha value is -2.91. The van der Waals surface area contributed by atoms with Crippen LogP contribution >= 0.6 is 0 Å². The molecule has 2 heterocycles. The molecule has 0 radical (unpaired) electrons. The first-order valence-corrected chi connectivity index (χ1v) is 11.4. The van der Waals surface area contributed by atoms with E-state index in [2.05, 4.69) is 15.6 Å². The van der Waals surface area contributed by atoms with E-state index >= 15 is 0 Å². The van der Waals surface area contributed by atoms with E-state index in [0.717, 1.165) is 5.65 Å². The van der Waals surface area contributed by atoms with Crippen molar-refractivity contribution in [2.45, 2.75) is 32.1 Å². The topological polar surface area (TPSA) is 95.8 Å². The van der Waals surface area contributed by atoms with Crippen molar-refractivity contribution in [1.29, 1.82) is 0 Å². The fourth-order valence-corrected chi connectivity index (χ4v) is 4.76. The molecule has 0 saturated carbocycles. The third-order valence-corrected chi connectivity index (χ3v) is 6.78. The summed E-state index contributed by atoms with van der Waals surface area (Å²) in [4.78, 5) is 17.3. The highest BCUT2D eigenvalue weighted by molar-refractivity contribution is 7.89. The Morgan fingerprint density at radius 1 is 1.10 bits per heavy atom. The third kappa shape index (κ3) is 4.63. The molecule has 0 aliphatic carbocycles. The van der Waals surface area contributed by atoms with Gasteiger partial charge in [-0.3, -0.25) is 4.79 Å².